The van der Waals surface area contributed by atoms with E-state index in [1.54, 1.807) is 14.1 Å². The lowest BCUT2D eigenvalue weighted by molar-refractivity contribution is -0.121. The van der Waals surface area contributed by atoms with Gasteiger partial charge in [0, 0.05) is 14.1 Å². The molecular weight excluding hydrogens is 439 g/mol. The summed E-state index contributed by atoms with van der Waals surface area (Å²) in [6.45, 7) is 2.58. The Kier molecular flexibility index (Phi) is 6.57. The summed E-state index contributed by atoms with van der Waals surface area (Å²) in [6.07, 6.45) is 7.09. The van der Waals surface area contributed by atoms with Crippen molar-refractivity contribution in [2.75, 3.05) is 27.3 Å². The van der Waals surface area contributed by atoms with Crippen LogP contribution >= 0.6 is 34.4 Å². The molecule has 126 valence electrons. The molecule has 0 spiro atoms. The van der Waals surface area contributed by atoms with Crippen molar-refractivity contribution in [3.63, 3.8) is 0 Å². The predicted molar refractivity (Wildman–Crippen MR) is 106 cm³/mol. The van der Waals surface area contributed by atoms with Gasteiger partial charge < -0.3 is 9.47 Å². The Labute approximate surface area is 159 Å². The highest BCUT2D eigenvalue weighted by Gasteiger charge is 2.29. The van der Waals surface area contributed by atoms with Crippen molar-refractivity contribution in [1.29, 1.82) is 0 Å². The van der Waals surface area contributed by atoms with E-state index in [1.165, 1.54) is 16.7 Å². The van der Waals surface area contributed by atoms with Gasteiger partial charge in [0.05, 0.1) is 15.1 Å². The molecule has 5 nitrogen and oxygen atoms in total. The maximum atomic E-state index is 12.3. The van der Waals surface area contributed by atoms with Gasteiger partial charge in [0.2, 0.25) is 0 Å². The monoisotopic (exact) mass is 456 g/mol. The van der Waals surface area contributed by atoms with Crippen molar-refractivity contribution < 1.29 is 14.3 Å². The molecule has 1 aromatic rings. The molecule has 7 heteroatoms. The van der Waals surface area contributed by atoms with Gasteiger partial charge in [-0.15, -0.1) is 6.42 Å². The van der Waals surface area contributed by atoms with Crippen LogP contribution in [0.4, 0.5) is 0 Å². The summed E-state index contributed by atoms with van der Waals surface area (Å²) in [4.78, 5) is 18.5. The molecule has 0 aromatic heterocycles. The molecule has 1 aromatic carbocycles. The van der Waals surface area contributed by atoms with Crippen LogP contribution in [-0.2, 0) is 4.79 Å². The van der Waals surface area contributed by atoms with Crippen LogP contribution in [-0.4, -0.2) is 43.3 Å². The fraction of sp³-hybridized carbons (Fsp3) is 0.294. The highest BCUT2D eigenvalue weighted by Crippen LogP contribution is 2.37. The minimum absolute atomic E-state index is 0.0683. The average molecular weight is 456 g/mol. The molecule has 1 heterocycles. The van der Waals surface area contributed by atoms with Crippen molar-refractivity contribution in [2.24, 2.45) is 4.99 Å². The number of ether oxygens (including phenoxy) is 2. The smallest absolute Gasteiger partial charge is 0.266 e. The summed E-state index contributed by atoms with van der Waals surface area (Å²) in [5.74, 6) is 3.61. The Balaban J connectivity index is 2.40. The number of nitrogens with zero attached hydrogens (tertiary/aromatic N) is 2. The molecule has 2 rings (SSSR count). The Bertz CT molecular complexity index is 753. The second-order valence-electron chi connectivity index (χ2n) is 4.74. The number of halogens is 1. The van der Waals surface area contributed by atoms with Crippen LogP contribution in [0.15, 0.2) is 22.0 Å². The first kappa shape index (κ1) is 18.7. The zero-order chi connectivity index (χ0) is 17.7. The molecule has 0 bridgehead atoms. The fourth-order valence-corrected chi connectivity index (χ4v) is 3.80. The summed E-state index contributed by atoms with van der Waals surface area (Å²) in [5.41, 5.74) is 0.859. The van der Waals surface area contributed by atoms with Crippen LogP contribution < -0.4 is 9.47 Å². The molecule has 0 saturated carbocycles. The standard InChI is InChI=1S/C17H17IN2O3S/c1-5-7-23-15-12(18)8-11(9-13(15)22-6-2)10-14-16(21)20(4)17(19-3)24-14/h1,8-10H,6-7H2,2-4H3/b14-10-,19-17?. The number of hydrogen-bond acceptors (Lipinski definition) is 5. The molecule has 24 heavy (non-hydrogen) atoms. The van der Waals surface area contributed by atoms with E-state index in [2.05, 4.69) is 33.5 Å². The second kappa shape index (κ2) is 8.44. The number of carbonyl (C=O) groups excluding carboxylic acids is 1. The van der Waals surface area contributed by atoms with Crippen molar-refractivity contribution in [3.05, 3.63) is 26.2 Å². The first-order valence-corrected chi connectivity index (χ1v) is 9.08. The van der Waals surface area contributed by atoms with Gasteiger partial charge in [-0.1, -0.05) is 5.92 Å². The summed E-state index contributed by atoms with van der Waals surface area (Å²) >= 11 is 3.52. The van der Waals surface area contributed by atoms with E-state index in [4.69, 9.17) is 15.9 Å². The van der Waals surface area contributed by atoms with Crippen LogP contribution in [0.1, 0.15) is 12.5 Å². The van der Waals surface area contributed by atoms with Crippen LogP contribution in [0.5, 0.6) is 11.5 Å². The van der Waals surface area contributed by atoms with Crippen molar-refractivity contribution in [3.8, 4) is 23.8 Å². The number of hydrogen-bond donors (Lipinski definition) is 0. The van der Waals surface area contributed by atoms with Gasteiger partial charge in [0.1, 0.15) is 6.61 Å². The number of aliphatic imine (C=N–C) groups is 1. The zero-order valence-electron chi connectivity index (χ0n) is 13.6. The molecule has 0 radical (unpaired) electrons. The maximum Gasteiger partial charge on any atom is 0.266 e. The number of likely N-dealkylation sites (N-methyl/N-ethyl adjacent to an activating group) is 1. The summed E-state index contributed by atoms with van der Waals surface area (Å²) in [5, 5.41) is 0.681. The molecule has 0 N–H and O–H groups in total. The third-order valence-corrected chi connectivity index (χ3v) is 5.08. The van der Waals surface area contributed by atoms with Gasteiger partial charge in [-0.25, -0.2) is 0 Å². The lowest BCUT2D eigenvalue weighted by Crippen LogP contribution is -2.23. The average Bonchev–Trinajstić information content (AvgIpc) is 2.82. The van der Waals surface area contributed by atoms with Gasteiger partial charge in [-0.2, -0.15) is 0 Å². The number of amidine groups is 1. The minimum atomic E-state index is -0.0683. The van der Waals surface area contributed by atoms with Crippen LogP contribution in [0.2, 0.25) is 0 Å². The third-order valence-electron chi connectivity index (χ3n) is 3.12. The number of carbonyl (C=O) groups is 1. The molecule has 1 amide bonds. The van der Waals surface area contributed by atoms with E-state index >= 15 is 0 Å². The topological polar surface area (TPSA) is 51.1 Å². The molecule has 1 aliphatic heterocycles. The Morgan fingerprint density at radius 3 is 2.79 bits per heavy atom. The second-order valence-corrected chi connectivity index (χ2v) is 6.91. The SMILES string of the molecule is C#CCOc1c(I)cc(/C=C2\SC(=NC)N(C)C2=O)cc1OCC. The molecule has 1 fully saturated rings. The van der Waals surface area contributed by atoms with E-state index in [1.807, 2.05) is 25.1 Å². The van der Waals surface area contributed by atoms with Crippen molar-refractivity contribution in [2.45, 2.75) is 6.92 Å². The minimum Gasteiger partial charge on any atom is -0.490 e. The Morgan fingerprint density at radius 1 is 1.46 bits per heavy atom. The quantitative estimate of drug-likeness (QED) is 0.388. The van der Waals surface area contributed by atoms with Crippen molar-refractivity contribution >= 4 is 51.5 Å². The Morgan fingerprint density at radius 2 is 2.21 bits per heavy atom. The van der Waals surface area contributed by atoms with Gasteiger partial charge in [0.15, 0.2) is 16.7 Å². The molecular formula is C17H17IN2O3S. The van der Waals surface area contributed by atoms with Crippen LogP contribution in [0.25, 0.3) is 6.08 Å². The highest BCUT2D eigenvalue weighted by atomic mass is 127. The van der Waals surface area contributed by atoms with Gasteiger partial charge in [-0.3, -0.25) is 14.7 Å². The number of amides is 1. The summed E-state index contributed by atoms with van der Waals surface area (Å²) in [7, 11) is 3.38. The molecule has 0 atom stereocenters. The summed E-state index contributed by atoms with van der Waals surface area (Å²) < 4.78 is 12.1. The van der Waals surface area contributed by atoms with Crippen LogP contribution in [0, 0.1) is 15.9 Å². The molecule has 0 unspecified atom stereocenters. The number of rotatable bonds is 5. The first-order chi connectivity index (χ1) is 11.5. The lowest BCUT2D eigenvalue weighted by atomic mass is 10.2. The number of benzene rings is 1. The van der Waals surface area contributed by atoms with Gasteiger partial charge in [0.25, 0.3) is 5.91 Å². The normalized spacial score (nSPS) is 17.5. The third kappa shape index (κ3) is 4.05. The largest absolute Gasteiger partial charge is 0.490 e. The van der Waals surface area contributed by atoms with E-state index in [9.17, 15) is 4.79 Å². The maximum absolute atomic E-state index is 12.3. The highest BCUT2D eigenvalue weighted by molar-refractivity contribution is 14.1. The van der Waals surface area contributed by atoms with E-state index in [-0.39, 0.29) is 12.5 Å². The molecule has 1 saturated heterocycles. The number of thioether (sulfide) groups is 1. The Hall–Kier alpha value is -1.66. The van der Waals surface area contributed by atoms with Gasteiger partial charge >= 0.3 is 0 Å². The van der Waals surface area contributed by atoms with Gasteiger partial charge in [-0.05, 0) is 65.0 Å². The molecule has 0 aliphatic carbocycles. The fourth-order valence-electron chi connectivity index (χ4n) is 2.09. The van der Waals surface area contributed by atoms with Crippen molar-refractivity contribution in [1.82, 2.24) is 4.90 Å². The predicted octanol–water partition coefficient (Wildman–Crippen LogP) is 3.23. The lowest BCUT2D eigenvalue weighted by Gasteiger charge is -2.13. The first-order valence-electron chi connectivity index (χ1n) is 7.18. The van der Waals surface area contributed by atoms with E-state index < -0.39 is 0 Å². The van der Waals surface area contributed by atoms with E-state index in [0.717, 1.165) is 9.13 Å². The van der Waals surface area contributed by atoms with Crippen LogP contribution in [0.3, 0.4) is 0 Å². The number of terminal acetylenes is 1. The molecule has 1 aliphatic rings. The van der Waals surface area contributed by atoms with E-state index in [0.29, 0.717) is 28.2 Å². The zero-order valence-corrected chi connectivity index (χ0v) is 16.6. The summed E-state index contributed by atoms with van der Waals surface area (Å²) in [6, 6.07) is 3.77.